The molecule has 3 rings (SSSR count). The summed E-state index contributed by atoms with van der Waals surface area (Å²) < 4.78 is 33.0. The van der Waals surface area contributed by atoms with Crippen LogP contribution in [0.4, 0.5) is 0 Å². The SMILES string of the molecule is O=S(=O)(O)C1=CC(C2CCCCC2)C(CP)(C2CCCCC2)C=C1. The number of hydrogen-bond acceptors (Lipinski definition) is 2. The summed E-state index contributed by atoms with van der Waals surface area (Å²) in [5.41, 5.74) is 0.0429. The topological polar surface area (TPSA) is 54.4 Å². The highest BCUT2D eigenvalue weighted by Gasteiger charge is 2.46. The van der Waals surface area contributed by atoms with Gasteiger partial charge in [0.1, 0.15) is 0 Å². The summed E-state index contributed by atoms with van der Waals surface area (Å²) >= 11 is 0. The highest BCUT2D eigenvalue weighted by atomic mass is 32.2. The van der Waals surface area contributed by atoms with Gasteiger partial charge in [0.15, 0.2) is 0 Å². The highest BCUT2D eigenvalue weighted by molar-refractivity contribution is 7.90. The second-order valence-electron chi connectivity index (χ2n) is 7.95. The molecular formula is C19H31O3PS. The normalized spacial score (nSPS) is 33.4. The van der Waals surface area contributed by atoms with Crippen molar-refractivity contribution in [2.75, 3.05) is 6.16 Å². The van der Waals surface area contributed by atoms with E-state index >= 15 is 0 Å². The van der Waals surface area contributed by atoms with Crippen molar-refractivity contribution in [3.8, 4) is 0 Å². The monoisotopic (exact) mass is 370 g/mol. The Hall–Kier alpha value is -0.180. The molecule has 0 aromatic rings. The van der Waals surface area contributed by atoms with E-state index in [-0.39, 0.29) is 16.2 Å². The highest BCUT2D eigenvalue weighted by Crippen LogP contribution is 2.53. The summed E-state index contributed by atoms with van der Waals surface area (Å²) in [4.78, 5) is 0.114. The molecule has 0 heterocycles. The number of rotatable bonds is 4. The van der Waals surface area contributed by atoms with E-state index in [0.29, 0.717) is 11.8 Å². The first-order valence-corrected chi connectivity index (χ1v) is 11.8. The average molecular weight is 370 g/mol. The van der Waals surface area contributed by atoms with Gasteiger partial charge in [0, 0.05) is 5.41 Å². The standard InChI is InChI=1S/C19H31O3PS/c20-24(21,22)17-11-12-19(14-23,16-9-5-2-6-10-16)18(13-17)15-7-3-1-4-8-15/h11-13,15-16,18H,1-10,14,23H2,(H,20,21,22). The van der Waals surface area contributed by atoms with E-state index in [1.165, 1.54) is 64.2 Å². The second kappa shape index (κ2) is 7.60. The number of allylic oxidation sites excluding steroid dienone is 3. The molecule has 0 radical (unpaired) electrons. The molecule has 0 aromatic heterocycles. The summed E-state index contributed by atoms with van der Waals surface area (Å²) in [7, 11) is -1.18. The van der Waals surface area contributed by atoms with Crippen molar-refractivity contribution in [2.24, 2.45) is 23.2 Å². The Bertz CT molecular complexity index is 598. The Labute approximate surface area is 149 Å². The molecule has 0 bridgehead atoms. The van der Waals surface area contributed by atoms with Crippen molar-refractivity contribution in [3.05, 3.63) is 23.1 Å². The quantitative estimate of drug-likeness (QED) is 0.562. The molecule has 0 aromatic carbocycles. The van der Waals surface area contributed by atoms with Gasteiger partial charge < -0.3 is 0 Å². The molecule has 1 N–H and O–H groups in total. The molecule has 0 saturated heterocycles. The predicted octanol–water partition coefficient (Wildman–Crippen LogP) is 4.97. The molecule has 136 valence electrons. The van der Waals surface area contributed by atoms with Crippen LogP contribution in [-0.2, 0) is 10.1 Å². The molecule has 0 amide bonds. The maximum Gasteiger partial charge on any atom is 0.294 e. The van der Waals surface area contributed by atoms with Crippen LogP contribution in [0, 0.1) is 23.2 Å². The van der Waals surface area contributed by atoms with E-state index in [1.807, 2.05) is 6.08 Å². The fourth-order valence-electron chi connectivity index (χ4n) is 5.40. The Morgan fingerprint density at radius 2 is 1.62 bits per heavy atom. The molecule has 3 nitrogen and oxygen atoms in total. The molecule has 3 unspecified atom stereocenters. The van der Waals surface area contributed by atoms with Gasteiger partial charge in [-0.2, -0.15) is 8.42 Å². The molecule has 0 aliphatic heterocycles. The van der Waals surface area contributed by atoms with Crippen LogP contribution >= 0.6 is 9.24 Å². The minimum Gasteiger partial charge on any atom is -0.282 e. The smallest absolute Gasteiger partial charge is 0.282 e. The lowest BCUT2D eigenvalue weighted by atomic mass is 9.57. The van der Waals surface area contributed by atoms with E-state index in [0.717, 1.165) is 6.16 Å². The zero-order chi connectivity index (χ0) is 17.2. The lowest BCUT2D eigenvalue weighted by Crippen LogP contribution is -2.44. The molecule has 2 saturated carbocycles. The van der Waals surface area contributed by atoms with E-state index in [9.17, 15) is 13.0 Å². The first-order valence-electron chi connectivity index (χ1n) is 9.56. The summed E-state index contributed by atoms with van der Waals surface area (Å²) in [6, 6.07) is 0. The summed E-state index contributed by atoms with van der Waals surface area (Å²) in [6.45, 7) is 0. The summed E-state index contributed by atoms with van der Waals surface area (Å²) in [6.07, 6.45) is 19.3. The van der Waals surface area contributed by atoms with E-state index in [4.69, 9.17) is 0 Å². The van der Waals surface area contributed by atoms with Gasteiger partial charge in [-0.3, -0.25) is 4.55 Å². The minimum absolute atomic E-state index is 0.0429. The van der Waals surface area contributed by atoms with Crippen LogP contribution in [0.5, 0.6) is 0 Å². The van der Waals surface area contributed by atoms with Crippen LogP contribution < -0.4 is 0 Å². The van der Waals surface area contributed by atoms with Gasteiger partial charge in [0.25, 0.3) is 10.1 Å². The third kappa shape index (κ3) is 3.66. The third-order valence-electron chi connectivity index (χ3n) is 6.70. The molecule has 0 spiro atoms. The molecule has 24 heavy (non-hydrogen) atoms. The maximum absolute atomic E-state index is 11.7. The first-order chi connectivity index (χ1) is 11.5. The van der Waals surface area contributed by atoms with Crippen molar-refractivity contribution in [3.63, 3.8) is 0 Å². The van der Waals surface area contributed by atoms with Crippen LogP contribution in [0.1, 0.15) is 64.2 Å². The van der Waals surface area contributed by atoms with Crippen molar-refractivity contribution >= 4 is 19.4 Å². The van der Waals surface area contributed by atoms with Gasteiger partial charge in [0.2, 0.25) is 0 Å². The van der Waals surface area contributed by atoms with E-state index < -0.39 is 10.1 Å². The van der Waals surface area contributed by atoms with Crippen molar-refractivity contribution in [1.29, 1.82) is 0 Å². The van der Waals surface area contributed by atoms with Gasteiger partial charge in [-0.05, 0) is 55.7 Å². The van der Waals surface area contributed by atoms with Gasteiger partial charge in [-0.25, -0.2) is 0 Å². The minimum atomic E-state index is -4.12. The van der Waals surface area contributed by atoms with Crippen molar-refractivity contribution < 1.29 is 13.0 Å². The summed E-state index contributed by atoms with van der Waals surface area (Å²) in [5, 5.41) is 0. The van der Waals surface area contributed by atoms with Crippen LogP contribution in [0.3, 0.4) is 0 Å². The lowest BCUT2D eigenvalue weighted by molar-refractivity contribution is 0.0890. The van der Waals surface area contributed by atoms with Gasteiger partial charge in [-0.15, -0.1) is 9.24 Å². The van der Waals surface area contributed by atoms with Crippen LogP contribution in [0.2, 0.25) is 0 Å². The second-order valence-corrected chi connectivity index (χ2v) is 9.78. The maximum atomic E-state index is 11.7. The zero-order valence-electron chi connectivity index (χ0n) is 14.5. The molecule has 5 heteroatoms. The van der Waals surface area contributed by atoms with Crippen LogP contribution in [0.15, 0.2) is 23.1 Å². The predicted molar refractivity (Wildman–Crippen MR) is 102 cm³/mol. The molecule has 3 aliphatic carbocycles. The van der Waals surface area contributed by atoms with Crippen LogP contribution in [-0.4, -0.2) is 19.1 Å². The van der Waals surface area contributed by atoms with E-state index in [2.05, 4.69) is 15.3 Å². The third-order valence-corrected chi connectivity index (χ3v) is 8.27. The van der Waals surface area contributed by atoms with Gasteiger partial charge in [0.05, 0.1) is 4.91 Å². The Morgan fingerprint density at radius 1 is 1.04 bits per heavy atom. The zero-order valence-corrected chi connectivity index (χ0v) is 16.5. The molecule has 3 aliphatic rings. The molecular weight excluding hydrogens is 339 g/mol. The average Bonchev–Trinajstić information content (AvgIpc) is 2.62. The molecule has 2 fully saturated rings. The van der Waals surface area contributed by atoms with Crippen molar-refractivity contribution in [2.45, 2.75) is 64.2 Å². The lowest BCUT2D eigenvalue weighted by Gasteiger charge is -2.50. The van der Waals surface area contributed by atoms with Gasteiger partial charge >= 0.3 is 0 Å². The fourth-order valence-corrected chi connectivity index (χ4v) is 6.70. The Balaban J connectivity index is 1.99. The Morgan fingerprint density at radius 3 is 2.17 bits per heavy atom. The fraction of sp³-hybridized carbons (Fsp3) is 0.789. The first kappa shape index (κ1) is 18.6. The molecule has 3 atom stereocenters. The van der Waals surface area contributed by atoms with E-state index in [1.54, 1.807) is 6.08 Å². The van der Waals surface area contributed by atoms with Crippen molar-refractivity contribution in [1.82, 2.24) is 0 Å². The van der Waals surface area contributed by atoms with Gasteiger partial charge in [-0.1, -0.05) is 50.7 Å². The largest absolute Gasteiger partial charge is 0.294 e. The number of hydrogen-bond donors (Lipinski definition) is 1. The summed E-state index contributed by atoms with van der Waals surface area (Å²) in [5.74, 6) is 1.41. The van der Waals surface area contributed by atoms with Crippen LogP contribution in [0.25, 0.3) is 0 Å². The Kier molecular flexibility index (Phi) is 5.89.